The molecule has 0 aromatic heterocycles. The first-order valence-corrected chi connectivity index (χ1v) is 8.74. The molecular formula is C15H22N2O5S. The van der Waals surface area contributed by atoms with E-state index in [4.69, 9.17) is 5.11 Å². The van der Waals surface area contributed by atoms with Crippen LogP contribution in [0.3, 0.4) is 0 Å². The van der Waals surface area contributed by atoms with Gasteiger partial charge < -0.3 is 10.4 Å². The van der Waals surface area contributed by atoms with Crippen LogP contribution in [0.2, 0.25) is 0 Å². The van der Waals surface area contributed by atoms with Crippen molar-refractivity contribution in [1.82, 2.24) is 10.2 Å². The quantitative estimate of drug-likeness (QED) is 0.425. The minimum absolute atomic E-state index is 0.237. The van der Waals surface area contributed by atoms with Gasteiger partial charge in [0.2, 0.25) is 5.91 Å². The van der Waals surface area contributed by atoms with E-state index in [0.29, 0.717) is 31.6 Å². The molecule has 2 N–H and O–H groups in total. The number of carbonyl (C=O) groups excluding carboxylic acids is 3. The fraction of sp³-hybridized carbons (Fsp3) is 0.600. The lowest BCUT2D eigenvalue weighted by atomic mass is 10.1. The zero-order valence-corrected chi connectivity index (χ0v) is 13.9. The Hall–Kier alpha value is -1.83. The van der Waals surface area contributed by atoms with Crippen LogP contribution in [0.4, 0.5) is 0 Å². The molecule has 128 valence electrons. The van der Waals surface area contributed by atoms with E-state index in [1.165, 1.54) is 28.8 Å². The summed E-state index contributed by atoms with van der Waals surface area (Å²) in [6, 6.07) is -0.863. The smallest absolute Gasteiger partial charge is 0.327 e. The summed E-state index contributed by atoms with van der Waals surface area (Å²) < 4.78 is 0. The van der Waals surface area contributed by atoms with E-state index in [-0.39, 0.29) is 24.1 Å². The van der Waals surface area contributed by atoms with E-state index >= 15 is 0 Å². The highest BCUT2D eigenvalue weighted by Gasteiger charge is 2.22. The number of carbonyl (C=O) groups is 4. The number of nitrogens with zero attached hydrogens (tertiary/aromatic N) is 1. The number of amides is 3. The molecule has 0 radical (unpaired) electrons. The molecule has 1 rings (SSSR count). The molecule has 7 nitrogen and oxygen atoms in total. The van der Waals surface area contributed by atoms with Crippen molar-refractivity contribution >= 4 is 35.5 Å². The van der Waals surface area contributed by atoms with Gasteiger partial charge in [-0.1, -0.05) is 13.3 Å². The molecule has 0 bridgehead atoms. The van der Waals surface area contributed by atoms with Gasteiger partial charge in [-0.05, 0) is 18.6 Å². The number of unbranched alkanes of at least 4 members (excludes halogenated alkanes) is 2. The Morgan fingerprint density at radius 2 is 1.87 bits per heavy atom. The van der Waals surface area contributed by atoms with Crippen molar-refractivity contribution in [2.45, 2.75) is 38.6 Å². The predicted octanol–water partition coefficient (Wildman–Crippen LogP) is 0.794. The number of carboxylic acid groups (broad SMARTS) is 1. The molecule has 3 amide bonds. The maximum absolute atomic E-state index is 11.7. The van der Waals surface area contributed by atoms with Gasteiger partial charge >= 0.3 is 5.97 Å². The van der Waals surface area contributed by atoms with Crippen LogP contribution < -0.4 is 5.32 Å². The second-order valence-corrected chi connectivity index (χ2v) is 6.41. The Morgan fingerprint density at radius 3 is 2.43 bits per heavy atom. The average Bonchev–Trinajstić information content (AvgIpc) is 2.82. The molecule has 1 aliphatic rings. The van der Waals surface area contributed by atoms with E-state index in [2.05, 4.69) is 5.32 Å². The second-order valence-electron chi connectivity index (χ2n) is 5.09. The van der Waals surface area contributed by atoms with E-state index in [1.54, 1.807) is 0 Å². The number of hydrogen-bond acceptors (Lipinski definition) is 5. The molecule has 23 heavy (non-hydrogen) atoms. The number of rotatable bonds is 11. The monoisotopic (exact) mass is 342 g/mol. The van der Waals surface area contributed by atoms with E-state index in [9.17, 15) is 19.2 Å². The third-order valence-electron chi connectivity index (χ3n) is 3.31. The summed E-state index contributed by atoms with van der Waals surface area (Å²) in [6.07, 6.45) is 4.63. The zero-order chi connectivity index (χ0) is 17.2. The van der Waals surface area contributed by atoms with Gasteiger partial charge in [-0.2, -0.15) is 11.8 Å². The van der Waals surface area contributed by atoms with E-state index in [0.717, 1.165) is 5.75 Å². The van der Waals surface area contributed by atoms with E-state index in [1.807, 2.05) is 6.92 Å². The summed E-state index contributed by atoms with van der Waals surface area (Å²) in [5, 5.41) is 11.5. The molecule has 1 atom stereocenters. The highest BCUT2D eigenvalue weighted by molar-refractivity contribution is 7.99. The molecule has 8 heteroatoms. The van der Waals surface area contributed by atoms with Gasteiger partial charge in [0.1, 0.15) is 6.04 Å². The maximum atomic E-state index is 11.7. The molecule has 0 aromatic rings. The van der Waals surface area contributed by atoms with Gasteiger partial charge in [0.05, 0.1) is 0 Å². The van der Waals surface area contributed by atoms with Crippen LogP contribution in [-0.4, -0.2) is 57.8 Å². The Kier molecular flexibility index (Phi) is 8.39. The largest absolute Gasteiger partial charge is 0.480 e. The zero-order valence-electron chi connectivity index (χ0n) is 13.1. The molecule has 0 fully saturated rings. The Bertz CT molecular complexity index is 474. The van der Waals surface area contributed by atoms with Crippen molar-refractivity contribution in [1.29, 1.82) is 0 Å². The van der Waals surface area contributed by atoms with Crippen LogP contribution in [0.15, 0.2) is 12.2 Å². The molecule has 0 saturated heterocycles. The fourth-order valence-electron chi connectivity index (χ4n) is 2.06. The van der Waals surface area contributed by atoms with Crippen LogP contribution in [0, 0.1) is 0 Å². The lowest BCUT2D eigenvalue weighted by Gasteiger charge is -2.14. The highest BCUT2D eigenvalue weighted by Crippen LogP contribution is 2.08. The number of nitrogens with one attached hydrogen (secondary N) is 1. The Balaban J connectivity index is 2.17. The summed E-state index contributed by atoms with van der Waals surface area (Å²) in [7, 11) is 0. The van der Waals surface area contributed by atoms with Gasteiger partial charge in [-0.25, -0.2) is 4.79 Å². The Labute approximate surface area is 139 Å². The number of hydrogen-bond donors (Lipinski definition) is 2. The molecular weight excluding hydrogens is 320 g/mol. The van der Waals surface area contributed by atoms with Crippen LogP contribution in [0.1, 0.15) is 32.6 Å². The minimum Gasteiger partial charge on any atom is -0.480 e. The molecule has 0 saturated carbocycles. The van der Waals surface area contributed by atoms with Crippen molar-refractivity contribution < 1.29 is 24.3 Å². The van der Waals surface area contributed by atoms with Crippen LogP contribution in [0.5, 0.6) is 0 Å². The first kappa shape index (κ1) is 19.2. The van der Waals surface area contributed by atoms with Gasteiger partial charge in [-0.15, -0.1) is 0 Å². The summed E-state index contributed by atoms with van der Waals surface area (Å²) >= 11 is 1.46. The Morgan fingerprint density at radius 1 is 1.22 bits per heavy atom. The molecule has 1 unspecified atom stereocenters. The molecule has 1 aliphatic heterocycles. The summed E-state index contributed by atoms with van der Waals surface area (Å²) in [4.78, 5) is 46.6. The normalized spacial score (nSPS) is 15.1. The third kappa shape index (κ3) is 6.85. The highest BCUT2D eigenvalue weighted by atomic mass is 32.2. The maximum Gasteiger partial charge on any atom is 0.327 e. The first-order chi connectivity index (χ1) is 11.0. The fourth-order valence-corrected chi connectivity index (χ4v) is 2.76. The number of thioether (sulfide) groups is 1. The topological polar surface area (TPSA) is 104 Å². The van der Waals surface area contributed by atoms with Crippen molar-refractivity contribution in [3.8, 4) is 0 Å². The SMILES string of the molecule is CCSCC(NC(=O)CCCCCN1C(=O)C=CC1=O)C(=O)O. The first-order valence-electron chi connectivity index (χ1n) is 7.59. The lowest BCUT2D eigenvalue weighted by Crippen LogP contribution is -2.42. The van der Waals surface area contributed by atoms with Crippen LogP contribution in [-0.2, 0) is 19.2 Å². The molecule has 1 heterocycles. The van der Waals surface area contributed by atoms with Gasteiger partial charge in [0, 0.05) is 30.9 Å². The number of carboxylic acids is 1. The number of imide groups is 1. The van der Waals surface area contributed by atoms with Crippen molar-refractivity contribution in [3.63, 3.8) is 0 Å². The van der Waals surface area contributed by atoms with Crippen molar-refractivity contribution in [3.05, 3.63) is 12.2 Å². The van der Waals surface area contributed by atoms with Gasteiger partial charge in [-0.3, -0.25) is 19.3 Å². The summed E-state index contributed by atoms with van der Waals surface area (Å²) in [5.74, 6) is -0.774. The number of aliphatic carboxylic acids is 1. The van der Waals surface area contributed by atoms with Crippen LogP contribution in [0.25, 0.3) is 0 Å². The van der Waals surface area contributed by atoms with Crippen molar-refractivity contribution in [2.24, 2.45) is 0 Å². The van der Waals surface area contributed by atoms with Crippen molar-refractivity contribution in [2.75, 3.05) is 18.1 Å². The molecule has 0 aliphatic carbocycles. The lowest BCUT2D eigenvalue weighted by molar-refractivity contribution is -0.141. The molecule has 0 aromatic carbocycles. The third-order valence-corrected chi connectivity index (χ3v) is 4.29. The van der Waals surface area contributed by atoms with Crippen LogP contribution >= 0.6 is 11.8 Å². The standard InChI is InChI=1S/C15H22N2O5S/c1-2-23-10-11(15(21)22)16-12(18)6-4-3-5-9-17-13(19)7-8-14(17)20/h7-8,11H,2-6,9-10H2,1H3,(H,16,18)(H,21,22). The minimum atomic E-state index is -1.03. The predicted molar refractivity (Wildman–Crippen MR) is 86.9 cm³/mol. The van der Waals surface area contributed by atoms with Gasteiger partial charge in [0.15, 0.2) is 0 Å². The average molecular weight is 342 g/mol. The van der Waals surface area contributed by atoms with E-state index < -0.39 is 12.0 Å². The molecule has 0 spiro atoms. The summed E-state index contributed by atoms with van der Waals surface area (Å²) in [6.45, 7) is 2.27. The second kappa shape index (κ2) is 10.0. The summed E-state index contributed by atoms with van der Waals surface area (Å²) in [5.41, 5.74) is 0. The van der Waals surface area contributed by atoms with Gasteiger partial charge in [0.25, 0.3) is 11.8 Å².